The van der Waals surface area contributed by atoms with Crippen LogP contribution in [-0.2, 0) is 0 Å². The summed E-state index contributed by atoms with van der Waals surface area (Å²) >= 11 is 0. The molecule has 0 radical (unpaired) electrons. The minimum Gasteiger partial charge on any atom is -0.344 e. The topological polar surface area (TPSA) is 59.8 Å². The maximum atomic E-state index is 13.0. The lowest BCUT2D eigenvalue weighted by Crippen LogP contribution is -2.28. The van der Waals surface area contributed by atoms with Gasteiger partial charge in [-0.1, -0.05) is 0 Å². The summed E-state index contributed by atoms with van der Waals surface area (Å²) in [6.45, 7) is 1.89. The number of hydrogen-bond donors (Lipinski definition) is 1. The van der Waals surface area contributed by atoms with Gasteiger partial charge in [0, 0.05) is 18.1 Å². The Balaban J connectivity index is 1.81. The van der Waals surface area contributed by atoms with Crippen molar-refractivity contribution in [3.63, 3.8) is 0 Å². The van der Waals surface area contributed by atoms with E-state index in [1.54, 1.807) is 29.1 Å². The summed E-state index contributed by atoms with van der Waals surface area (Å²) in [5.74, 6) is -0.581. The van der Waals surface area contributed by atoms with E-state index < -0.39 is 0 Å². The third kappa shape index (κ3) is 3.26. The second kappa shape index (κ2) is 6.39. The third-order valence-corrected chi connectivity index (χ3v) is 3.53. The summed E-state index contributed by atoms with van der Waals surface area (Å²) in [5.41, 5.74) is 2.02. The molecule has 0 unspecified atom stereocenters. The Hall–Kier alpha value is -3.02. The molecule has 1 N–H and O–H groups in total. The Bertz CT molecular complexity index is 799. The van der Waals surface area contributed by atoms with Gasteiger partial charge in [0.25, 0.3) is 5.91 Å². The zero-order valence-corrected chi connectivity index (χ0v) is 12.5. The van der Waals surface area contributed by atoms with E-state index in [-0.39, 0.29) is 17.8 Å². The first-order valence-corrected chi connectivity index (χ1v) is 7.14. The minimum atomic E-state index is -0.328. The summed E-state index contributed by atoms with van der Waals surface area (Å²) in [5, 5.41) is 2.92. The van der Waals surface area contributed by atoms with Crippen molar-refractivity contribution < 1.29 is 9.18 Å². The fourth-order valence-electron chi connectivity index (χ4n) is 2.28. The van der Waals surface area contributed by atoms with Gasteiger partial charge in [-0.3, -0.25) is 14.3 Å². The second-order valence-electron chi connectivity index (χ2n) is 5.10. The van der Waals surface area contributed by atoms with E-state index in [4.69, 9.17) is 0 Å². The Kier molecular flexibility index (Phi) is 4.14. The van der Waals surface area contributed by atoms with Gasteiger partial charge in [-0.2, -0.15) is 0 Å². The van der Waals surface area contributed by atoms with Crippen molar-refractivity contribution in [2.45, 2.75) is 13.0 Å². The van der Waals surface area contributed by atoms with E-state index in [9.17, 15) is 9.18 Å². The first-order chi connectivity index (χ1) is 11.1. The molecule has 0 bridgehead atoms. The smallest absolute Gasteiger partial charge is 0.270 e. The molecule has 1 amide bonds. The number of pyridine rings is 1. The Morgan fingerprint density at radius 1 is 1.13 bits per heavy atom. The van der Waals surface area contributed by atoms with Gasteiger partial charge < -0.3 is 5.32 Å². The van der Waals surface area contributed by atoms with Crippen molar-refractivity contribution in [2.75, 3.05) is 0 Å². The van der Waals surface area contributed by atoms with Crippen LogP contribution in [0.5, 0.6) is 0 Å². The molecule has 5 nitrogen and oxygen atoms in total. The Morgan fingerprint density at radius 3 is 2.52 bits per heavy atom. The lowest BCUT2D eigenvalue weighted by Gasteiger charge is -2.15. The molecule has 2 aromatic heterocycles. The van der Waals surface area contributed by atoms with E-state index in [0.29, 0.717) is 11.4 Å². The summed E-state index contributed by atoms with van der Waals surface area (Å²) in [7, 11) is 0. The SMILES string of the molecule is C[C@@H](NC(=O)c1cncn1-c1ccc(F)cc1)c1ccncc1. The molecule has 0 fully saturated rings. The molecule has 0 aliphatic rings. The Morgan fingerprint density at radius 2 is 1.83 bits per heavy atom. The van der Waals surface area contributed by atoms with Crippen molar-refractivity contribution in [1.29, 1.82) is 0 Å². The van der Waals surface area contributed by atoms with E-state index in [0.717, 1.165) is 5.56 Å². The van der Waals surface area contributed by atoms with E-state index in [1.807, 2.05) is 19.1 Å². The molecule has 1 atom stereocenters. The van der Waals surface area contributed by atoms with Crippen molar-refractivity contribution in [3.8, 4) is 5.69 Å². The molecule has 3 aromatic rings. The molecule has 0 aliphatic carbocycles. The van der Waals surface area contributed by atoms with Crippen molar-refractivity contribution >= 4 is 5.91 Å². The van der Waals surface area contributed by atoms with Gasteiger partial charge >= 0.3 is 0 Å². The molecule has 3 rings (SSSR count). The summed E-state index contributed by atoms with van der Waals surface area (Å²) in [6.07, 6.45) is 6.37. The average molecular weight is 310 g/mol. The summed E-state index contributed by atoms with van der Waals surface area (Å²) < 4.78 is 14.7. The largest absolute Gasteiger partial charge is 0.344 e. The molecular weight excluding hydrogens is 295 g/mol. The fourth-order valence-corrected chi connectivity index (χ4v) is 2.28. The number of rotatable bonds is 4. The second-order valence-corrected chi connectivity index (χ2v) is 5.10. The maximum Gasteiger partial charge on any atom is 0.270 e. The van der Waals surface area contributed by atoms with E-state index in [1.165, 1.54) is 24.7 Å². The highest BCUT2D eigenvalue weighted by molar-refractivity contribution is 5.93. The highest BCUT2D eigenvalue weighted by Gasteiger charge is 2.16. The van der Waals surface area contributed by atoms with Gasteiger partial charge in [0.1, 0.15) is 11.5 Å². The molecule has 116 valence electrons. The fraction of sp³-hybridized carbons (Fsp3) is 0.118. The van der Waals surface area contributed by atoms with Crippen molar-refractivity contribution in [2.24, 2.45) is 0 Å². The van der Waals surface area contributed by atoms with Crippen molar-refractivity contribution in [3.05, 3.63) is 78.4 Å². The predicted molar refractivity (Wildman–Crippen MR) is 83.6 cm³/mol. The monoisotopic (exact) mass is 310 g/mol. The van der Waals surface area contributed by atoms with Crippen LogP contribution in [0, 0.1) is 5.82 Å². The highest BCUT2D eigenvalue weighted by Crippen LogP contribution is 2.15. The van der Waals surface area contributed by atoms with Gasteiger partial charge in [-0.15, -0.1) is 0 Å². The normalized spacial score (nSPS) is 11.9. The van der Waals surface area contributed by atoms with Crippen LogP contribution >= 0.6 is 0 Å². The van der Waals surface area contributed by atoms with Gasteiger partial charge in [0.15, 0.2) is 0 Å². The number of carbonyl (C=O) groups excluding carboxylic acids is 1. The number of benzene rings is 1. The number of amides is 1. The number of hydrogen-bond acceptors (Lipinski definition) is 3. The average Bonchev–Trinajstić information content (AvgIpc) is 3.06. The van der Waals surface area contributed by atoms with Crippen LogP contribution in [0.3, 0.4) is 0 Å². The number of carbonyl (C=O) groups is 1. The molecule has 0 spiro atoms. The minimum absolute atomic E-state index is 0.165. The molecular formula is C17H15FN4O. The molecule has 1 aromatic carbocycles. The number of halogens is 1. The van der Waals surface area contributed by atoms with Crippen LogP contribution in [-0.4, -0.2) is 20.4 Å². The van der Waals surface area contributed by atoms with Crippen LogP contribution in [0.15, 0.2) is 61.3 Å². The lowest BCUT2D eigenvalue weighted by atomic mass is 10.1. The van der Waals surface area contributed by atoms with Gasteiger partial charge in [-0.25, -0.2) is 9.37 Å². The van der Waals surface area contributed by atoms with Crippen LogP contribution < -0.4 is 5.32 Å². The van der Waals surface area contributed by atoms with Crippen molar-refractivity contribution in [1.82, 2.24) is 19.9 Å². The van der Waals surface area contributed by atoms with Gasteiger partial charge in [0.2, 0.25) is 0 Å². The zero-order valence-electron chi connectivity index (χ0n) is 12.5. The van der Waals surface area contributed by atoms with Crippen LogP contribution in [0.2, 0.25) is 0 Å². The molecule has 23 heavy (non-hydrogen) atoms. The van der Waals surface area contributed by atoms with Crippen LogP contribution in [0.4, 0.5) is 4.39 Å². The van der Waals surface area contributed by atoms with Crippen LogP contribution in [0.1, 0.15) is 29.0 Å². The lowest BCUT2D eigenvalue weighted by molar-refractivity contribution is 0.0933. The summed E-state index contributed by atoms with van der Waals surface area (Å²) in [4.78, 5) is 20.5. The quantitative estimate of drug-likeness (QED) is 0.806. The molecule has 0 aliphatic heterocycles. The Labute approximate surface area is 132 Å². The third-order valence-electron chi connectivity index (χ3n) is 3.53. The van der Waals surface area contributed by atoms with Crippen LogP contribution in [0.25, 0.3) is 5.69 Å². The van der Waals surface area contributed by atoms with Gasteiger partial charge in [-0.05, 0) is 48.9 Å². The number of nitrogens with zero attached hydrogens (tertiary/aromatic N) is 3. The first-order valence-electron chi connectivity index (χ1n) is 7.14. The molecule has 2 heterocycles. The first kappa shape index (κ1) is 14.9. The predicted octanol–water partition coefficient (Wildman–Crippen LogP) is 2.90. The number of imidazole rings is 1. The highest BCUT2D eigenvalue weighted by atomic mass is 19.1. The standard InChI is InChI=1S/C17H15FN4O/c1-12(13-6-8-19-9-7-13)21-17(23)16-10-20-11-22(16)15-4-2-14(18)3-5-15/h2-12H,1H3,(H,21,23)/t12-/m1/s1. The molecule has 0 saturated carbocycles. The van der Waals surface area contributed by atoms with E-state index >= 15 is 0 Å². The molecule has 0 saturated heterocycles. The number of aromatic nitrogens is 3. The van der Waals surface area contributed by atoms with Gasteiger partial charge in [0.05, 0.1) is 18.6 Å². The zero-order chi connectivity index (χ0) is 16.2. The molecule has 6 heteroatoms. The van der Waals surface area contributed by atoms with E-state index in [2.05, 4.69) is 15.3 Å². The maximum absolute atomic E-state index is 13.0. The summed E-state index contributed by atoms with van der Waals surface area (Å²) in [6, 6.07) is 9.42. The number of nitrogens with one attached hydrogen (secondary N) is 1.